The summed E-state index contributed by atoms with van der Waals surface area (Å²) < 4.78 is 43.9. The Morgan fingerprint density at radius 2 is 1.66 bits per heavy atom. The van der Waals surface area contributed by atoms with Crippen molar-refractivity contribution in [2.45, 2.75) is 53.1 Å². The fourth-order valence-electron chi connectivity index (χ4n) is 5.96. The van der Waals surface area contributed by atoms with Crippen LogP contribution in [0.5, 0.6) is 0 Å². The van der Waals surface area contributed by atoms with Gasteiger partial charge in [-0.3, -0.25) is 28.6 Å². The van der Waals surface area contributed by atoms with Crippen LogP contribution < -0.4 is 26.9 Å². The van der Waals surface area contributed by atoms with Gasteiger partial charge in [-0.2, -0.15) is 8.42 Å². The Morgan fingerprint density at radius 3 is 2.26 bits per heavy atom. The maximum atomic E-state index is 15.2. The molecule has 5 rings (SSSR count). The third-order valence-corrected chi connectivity index (χ3v) is 8.57. The number of nitrogens with one attached hydrogen (secondary N) is 2. The number of piperazine rings is 1. The molecule has 4 N–H and O–H groups in total. The van der Waals surface area contributed by atoms with Crippen molar-refractivity contribution in [3.63, 3.8) is 0 Å². The molecule has 0 saturated carbocycles. The van der Waals surface area contributed by atoms with E-state index < -0.39 is 33.0 Å². The predicted molar refractivity (Wildman–Crippen MR) is 191 cm³/mol. The van der Waals surface area contributed by atoms with Gasteiger partial charge in [-0.05, 0) is 75.0 Å². The van der Waals surface area contributed by atoms with Crippen molar-refractivity contribution in [3.05, 3.63) is 96.2 Å². The number of fused-ring (bicyclic) bond motifs is 1. The standard InChI is InChI=1S/C33H39FN6O5.CH4O3S/c1-4-22-16-23(9-8-21(22)3)35-29-19-30(41)40(33(45)36-29)11-7-6-10-37-12-14-39(15-13-37)28-18-27-24(17-26(28)34)31(42)25(32(43)44)20-38(27)5-2;1-5(2,3)4/h8-9,16-20,35H,4-7,10-15H2,1-3H3,(H,36,45)(H,43,44);1H3,(H,2,3,4). The molecule has 0 spiro atoms. The van der Waals surface area contributed by atoms with Crippen molar-refractivity contribution in [1.82, 2.24) is 19.0 Å². The summed E-state index contributed by atoms with van der Waals surface area (Å²) in [4.78, 5) is 56.5. The maximum Gasteiger partial charge on any atom is 0.341 e. The highest BCUT2D eigenvalue weighted by Crippen LogP contribution is 2.26. The number of hydrogen-bond donors (Lipinski definition) is 4. The predicted octanol–water partition coefficient (Wildman–Crippen LogP) is 3.43. The number of aromatic amines is 1. The zero-order chi connectivity index (χ0) is 36.7. The van der Waals surface area contributed by atoms with Gasteiger partial charge in [-0.15, -0.1) is 0 Å². The Labute approximate surface area is 288 Å². The number of benzene rings is 2. The number of rotatable bonds is 11. The smallest absolute Gasteiger partial charge is 0.341 e. The number of anilines is 3. The molecule has 1 saturated heterocycles. The number of carboxylic acids is 1. The molecule has 0 atom stereocenters. The topological polar surface area (TPSA) is 187 Å². The Kier molecular flexibility index (Phi) is 12.4. The van der Waals surface area contributed by atoms with Gasteiger partial charge in [0.15, 0.2) is 0 Å². The first kappa shape index (κ1) is 38.0. The zero-order valence-corrected chi connectivity index (χ0v) is 29.3. The molecule has 2 aromatic heterocycles. The van der Waals surface area contributed by atoms with Gasteiger partial charge in [0.2, 0.25) is 5.43 Å². The van der Waals surface area contributed by atoms with Gasteiger partial charge in [0.1, 0.15) is 17.2 Å². The van der Waals surface area contributed by atoms with Crippen molar-refractivity contribution in [3.8, 4) is 0 Å². The summed E-state index contributed by atoms with van der Waals surface area (Å²) in [7, 11) is -3.67. The number of H-pyrrole nitrogens is 1. The highest BCUT2D eigenvalue weighted by Gasteiger charge is 2.22. The SMILES string of the molecule is CCc1cc(Nc2cc(=O)n(CCCCN3CCN(c4cc5c(cc4F)c(=O)c(C(=O)O)cn5CC)CC3)c(=O)[nH]2)ccc1C.CS(=O)(=O)O. The minimum absolute atomic E-state index is 0.0531. The molecule has 0 amide bonds. The Morgan fingerprint density at radius 1 is 1.00 bits per heavy atom. The van der Waals surface area contributed by atoms with Crippen LogP contribution in [0, 0.1) is 12.7 Å². The summed E-state index contributed by atoms with van der Waals surface area (Å²) in [6.45, 7) is 10.1. The van der Waals surface area contributed by atoms with Gasteiger partial charge in [0.05, 0.1) is 17.5 Å². The monoisotopic (exact) mass is 714 g/mol. The van der Waals surface area contributed by atoms with E-state index >= 15 is 4.39 Å². The molecular weight excluding hydrogens is 671 g/mol. The molecule has 0 aliphatic carbocycles. The van der Waals surface area contributed by atoms with E-state index in [1.54, 1.807) is 10.6 Å². The number of aryl methyl sites for hydroxylation is 3. The van der Waals surface area contributed by atoms with Crippen LogP contribution in [0.2, 0.25) is 0 Å². The Bertz CT molecular complexity index is 2110. The largest absolute Gasteiger partial charge is 0.477 e. The molecule has 1 aliphatic rings. The van der Waals surface area contributed by atoms with Crippen LogP contribution in [0.1, 0.15) is 48.2 Å². The minimum atomic E-state index is -3.67. The normalized spacial score (nSPS) is 13.6. The number of carbonyl (C=O) groups is 1. The maximum absolute atomic E-state index is 15.2. The van der Waals surface area contributed by atoms with E-state index in [0.717, 1.165) is 31.1 Å². The first-order chi connectivity index (χ1) is 23.6. The van der Waals surface area contributed by atoms with Gasteiger partial charge in [-0.25, -0.2) is 14.0 Å². The lowest BCUT2D eigenvalue weighted by molar-refractivity contribution is 0.0694. The van der Waals surface area contributed by atoms with Crippen LogP contribution in [0.4, 0.5) is 21.6 Å². The second-order valence-corrected chi connectivity index (χ2v) is 13.6. The Balaban J connectivity index is 0.00000105. The molecule has 1 fully saturated rings. The number of pyridine rings is 1. The van der Waals surface area contributed by atoms with Crippen LogP contribution in [0.25, 0.3) is 10.9 Å². The first-order valence-corrected chi connectivity index (χ1v) is 18.1. The molecule has 3 heterocycles. The molecule has 0 bridgehead atoms. The molecule has 0 radical (unpaired) electrons. The lowest BCUT2D eigenvalue weighted by atomic mass is 10.1. The lowest BCUT2D eigenvalue weighted by Crippen LogP contribution is -2.47. The Hall–Kier alpha value is -4.80. The number of aromatic nitrogens is 3. The van der Waals surface area contributed by atoms with Crippen molar-refractivity contribution in [1.29, 1.82) is 0 Å². The van der Waals surface area contributed by atoms with Crippen LogP contribution in [0.15, 0.2) is 57.0 Å². The van der Waals surface area contributed by atoms with Crippen molar-refractivity contribution in [2.24, 2.45) is 0 Å². The van der Waals surface area contributed by atoms with E-state index in [0.29, 0.717) is 69.0 Å². The van der Waals surface area contributed by atoms with Crippen LogP contribution >= 0.6 is 0 Å². The number of hydrogen-bond acceptors (Lipinski definition) is 9. The average Bonchev–Trinajstić information content (AvgIpc) is 3.04. The fraction of sp³-hybridized carbons (Fsp3) is 0.412. The second-order valence-electron chi connectivity index (χ2n) is 12.2. The molecule has 16 heteroatoms. The molecule has 2 aromatic carbocycles. The molecule has 50 heavy (non-hydrogen) atoms. The van der Waals surface area contributed by atoms with Gasteiger partial charge < -0.3 is 19.9 Å². The van der Waals surface area contributed by atoms with Crippen LogP contribution in [-0.2, 0) is 29.6 Å². The number of nitrogens with zero attached hydrogens (tertiary/aromatic N) is 4. The molecule has 0 unspecified atom stereocenters. The van der Waals surface area contributed by atoms with E-state index in [4.69, 9.17) is 4.55 Å². The number of halogens is 1. The molecule has 270 valence electrons. The summed E-state index contributed by atoms with van der Waals surface area (Å²) >= 11 is 0. The van der Waals surface area contributed by atoms with Crippen molar-refractivity contribution < 1.29 is 27.3 Å². The van der Waals surface area contributed by atoms with Gasteiger partial charge in [0, 0.05) is 62.6 Å². The van der Waals surface area contributed by atoms with Gasteiger partial charge >= 0.3 is 11.7 Å². The van der Waals surface area contributed by atoms with E-state index in [1.807, 2.05) is 36.9 Å². The molecule has 14 nitrogen and oxygen atoms in total. The van der Waals surface area contributed by atoms with E-state index in [1.165, 1.54) is 28.0 Å². The molecular formula is C34H43FN6O8S. The number of carboxylic acid groups (broad SMARTS) is 1. The summed E-state index contributed by atoms with van der Waals surface area (Å²) in [6, 6.07) is 10.1. The van der Waals surface area contributed by atoms with E-state index in [-0.39, 0.29) is 16.5 Å². The summed E-state index contributed by atoms with van der Waals surface area (Å²) in [5.74, 6) is -1.53. The summed E-state index contributed by atoms with van der Waals surface area (Å²) in [6.07, 6.45) is 4.35. The number of unbranched alkanes of at least 4 members (excludes halogenated alkanes) is 1. The molecule has 1 aliphatic heterocycles. The summed E-state index contributed by atoms with van der Waals surface area (Å²) in [5.41, 5.74) is 2.20. The van der Waals surface area contributed by atoms with Gasteiger partial charge in [0.25, 0.3) is 15.7 Å². The lowest BCUT2D eigenvalue weighted by Gasteiger charge is -2.36. The van der Waals surface area contributed by atoms with Crippen LogP contribution in [-0.4, -0.2) is 82.0 Å². The van der Waals surface area contributed by atoms with E-state index in [2.05, 4.69) is 22.1 Å². The quantitative estimate of drug-likeness (QED) is 0.132. The van der Waals surface area contributed by atoms with E-state index in [9.17, 15) is 32.7 Å². The van der Waals surface area contributed by atoms with Gasteiger partial charge in [-0.1, -0.05) is 13.0 Å². The van der Waals surface area contributed by atoms with Crippen molar-refractivity contribution >= 4 is 44.2 Å². The second kappa shape index (κ2) is 16.3. The number of aromatic carboxylic acids is 1. The average molecular weight is 715 g/mol. The third-order valence-electron chi connectivity index (χ3n) is 8.57. The fourth-order valence-corrected chi connectivity index (χ4v) is 5.96. The van der Waals surface area contributed by atoms with Crippen molar-refractivity contribution in [2.75, 3.05) is 49.2 Å². The third kappa shape index (κ3) is 9.67. The highest BCUT2D eigenvalue weighted by atomic mass is 32.2. The first-order valence-electron chi connectivity index (χ1n) is 16.3. The van der Waals surface area contributed by atoms with Crippen LogP contribution in [0.3, 0.4) is 0 Å². The highest BCUT2D eigenvalue weighted by molar-refractivity contribution is 7.85. The summed E-state index contributed by atoms with van der Waals surface area (Å²) in [5, 5.41) is 12.6. The minimum Gasteiger partial charge on any atom is -0.477 e. The zero-order valence-electron chi connectivity index (χ0n) is 28.5. The molecule has 4 aromatic rings.